The third kappa shape index (κ3) is 5.35. The number of hydrogen-bond donors (Lipinski definition) is 1. The molecular weight excluding hydrogens is 292 g/mol. The Balaban J connectivity index is 1.89. The highest BCUT2D eigenvalue weighted by molar-refractivity contribution is 5.68. The highest BCUT2D eigenvalue weighted by Crippen LogP contribution is 2.30. The van der Waals surface area contributed by atoms with Gasteiger partial charge in [0.05, 0.1) is 5.60 Å². The molecule has 5 heteroatoms. The molecule has 1 amide bonds. The molecule has 2 rings (SSSR count). The second-order valence-electron chi connectivity index (χ2n) is 8.22. The van der Waals surface area contributed by atoms with E-state index in [2.05, 4.69) is 11.8 Å². The molecule has 0 aromatic heterocycles. The van der Waals surface area contributed by atoms with Gasteiger partial charge in [0.15, 0.2) is 0 Å². The van der Waals surface area contributed by atoms with Crippen molar-refractivity contribution in [3.8, 4) is 0 Å². The topological polar surface area (TPSA) is 53.0 Å². The van der Waals surface area contributed by atoms with Crippen LogP contribution in [0.5, 0.6) is 0 Å². The smallest absolute Gasteiger partial charge is 0.410 e. The lowest BCUT2D eigenvalue weighted by Gasteiger charge is -2.39. The molecule has 2 aliphatic rings. The molecule has 134 valence electrons. The number of aliphatic hydroxyl groups is 1. The predicted molar refractivity (Wildman–Crippen MR) is 91.5 cm³/mol. The molecule has 1 unspecified atom stereocenters. The summed E-state index contributed by atoms with van der Waals surface area (Å²) in [6.07, 6.45) is 6.06. The fourth-order valence-corrected chi connectivity index (χ4v) is 3.78. The molecule has 1 aliphatic heterocycles. The number of hydrogen-bond acceptors (Lipinski definition) is 4. The second-order valence-corrected chi connectivity index (χ2v) is 8.22. The number of nitrogens with zero attached hydrogens (tertiary/aromatic N) is 2. The van der Waals surface area contributed by atoms with E-state index in [1.165, 1.54) is 6.42 Å². The van der Waals surface area contributed by atoms with Gasteiger partial charge in [0.2, 0.25) is 0 Å². The summed E-state index contributed by atoms with van der Waals surface area (Å²) in [5.41, 5.74) is -0.982. The first kappa shape index (κ1) is 18.5. The van der Waals surface area contributed by atoms with Crippen LogP contribution in [0.3, 0.4) is 0 Å². The Kier molecular flexibility index (Phi) is 5.95. The number of ether oxygens (including phenoxy) is 1. The third-order valence-corrected chi connectivity index (χ3v) is 5.02. The summed E-state index contributed by atoms with van der Waals surface area (Å²) in [5.74, 6) is 0. The number of carbonyl (C=O) groups excluding carboxylic acids is 1. The highest BCUT2D eigenvalue weighted by Gasteiger charge is 2.37. The lowest BCUT2D eigenvalue weighted by atomic mass is 9.84. The van der Waals surface area contributed by atoms with Gasteiger partial charge in [0.25, 0.3) is 0 Å². The van der Waals surface area contributed by atoms with Crippen LogP contribution in [0.2, 0.25) is 0 Å². The van der Waals surface area contributed by atoms with E-state index < -0.39 is 11.2 Å². The van der Waals surface area contributed by atoms with Gasteiger partial charge in [0, 0.05) is 25.7 Å². The quantitative estimate of drug-likeness (QED) is 0.863. The van der Waals surface area contributed by atoms with E-state index in [1.54, 1.807) is 0 Å². The van der Waals surface area contributed by atoms with Gasteiger partial charge in [-0.1, -0.05) is 26.2 Å². The van der Waals surface area contributed by atoms with E-state index in [0.29, 0.717) is 12.6 Å². The van der Waals surface area contributed by atoms with Gasteiger partial charge in [-0.25, -0.2) is 4.79 Å². The van der Waals surface area contributed by atoms with E-state index in [-0.39, 0.29) is 6.09 Å². The largest absolute Gasteiger partial charge is 0.444 e. The molecule has 0 aromatic carbocycles. The minimum atomic E-state index is -0.534. The molecule has 2 fully saturated rings. The van der Waals surface area contributed by atoms with Gasteiger partial charge in [-0.05, 0) is 46.6 Å². The van der Waals surface area contributed by atoms with Crippen LogP contribution in [0.1, 0.15) is 66.2 Å². The number of likely N-dealkylation sites (N-methyl/N-ethyl adjacent to an activating group) is 1. The molecule has 1 saturated carbocycles. The lowest BCUT2D eigenvalue weighted by Crippen LogP contribution is -2.49. The van der Waals surface area contributed by atoms with Gasteiger partial charge in [-0.2, -0.15) is 0 Å². The maximum atomic E-state index is 12.2. The molecule has 1 N–H and O–H groups in total. The van der Waals surface area contributed by atoms with Gasteiger partial charge in [-0.3, -0.25) is 4.90 Å². The fourth-order valence-electron chi connectivity index (χ4n) is 3.78. The van der Waals surface area contributed by atoms with Gasteiger partial charge >= 0.3 is 6.09 Å². The van der Waals surface area contributed by atoms with Gasteiger partial charge in [-0.15, -0.1) is 0 Å². The Morgan fingerprint density at radius 3 is 2.52 bits per heavy atom. The van der Waals surface area contributed by atoms with Crippen LogP contribution in [-0.2, 0) is 4.74 Å². The fraction of sp³-hybridized carbons (Fsp3) is 0.944. The maximum absolute atomic E-state index is 12.2. The summed E-state index contributed by atoms with van der Waals surface area (Å²) in [6, 6.07) is 0.332. The summed E-state index contributed by atoms with van der Waals surface area (Å²) in [6.45, 7) is 10.9. The summed E-state index contributed by atoms with van der Waals surface area (Å²) in [4.78, 5) is 16.4. The Labute approximate surface area is 141 Å². The van der Waals surface area contributed by atoms with Crippen molar-refractivity contribution in [3.05, 3.63) is 0 Å². The summed E-state index contributed by atoms with van der Waals surface area (Å²) in [5, 5.41) is 10.8. The van der Waals surface area contributed by atoms with Crippen molar-refractivity contribution >= 4 is 6.09 Å². The Bertz CT molecular complexity index is 400. The Hall–Kier alpha value is -0.810. The summed E-state index contributed by atoms with van der Waals surface area (Å²) in [7, 11) is 0. The standard InChI is InChI=1S/C18H34N2O3/c1-5-19(14-18(22)10-7-6-8-11-18)15-9-12-20(13-15)16(21)23-17(2,3)4/h15,22H,5-14H2,1-4H3. The van der Waals surface area contributed by atoms with Crippen molar-refractivity contribution in [2.75, 3.05) is 26.2 Å². The Morgan fingerprint density at radius 2 is 1.96 bits per heavy atom. The maximum Gasteiger partial charge on any atom is 0.410 e. The molecule has 0 spiro atoms. The summed E-state index contributed by atoms with van der Waals surface area (Å²) >= 11 is 0. The number of rotatable bonds is 4. The third-order valence-electron chi connectivity index (χ3n) is 5.02. The van der Waals surface area contributed by atoms with E-state index in [4.69, 9.17) is 4.74 Å². The van der Waals surface area contributed by atoms with Crippen LogP contribution in [0.25, 0.3) is 0 Å². The number of likely N-dealkylation sites (tertiary alicyclic amines) is 1. The molecule has 1 heterocycles. The first-order valence-electron chi connectivity index (χ1n) is 9.17. The predicted octanol–water partition coefficient (Wildman–Crippen LogP) is 3.01. The molecule has 5 nitrogen and oxygen atoms in total. The lowest BCUT2D eigenvalue weighted by molar-refractivity contribution is -0.0340. The molecule has 23 heavy (non-hydrogen) atoms. The SMILES string of the molecule is CCN(CC1(O)CCCCC1)C1CCN(C(=O)OC(C)(C)C)C1. The first-order valence-corrected chi connectivity index (χ1v) is 9.17. The van der Waals surface area contributed by atoms with Gasteiger partial charge in [0.1, 0.15) is 5.60 Å². The van der Waals surface area contributed by atoms with Crippen molar-refractivity contribution in [2.45, 2.75) is 83.5 Å². The monoisotopic (exact) mass is 326 g/mol. The number of amides is 1. The highest BCUT2D eigenvalue weighted by atomic mass is 16.6. The zero-order chi connectivity index (χ0) is 17.1. The van der Waals surface area contributed by atoms with Crippen LogP contribution in [0.4, 0.5) is 4.79 Å². The second kappa shape index (κ2) is 7.39. The Morgan fingerprint density at radius 1 is 1.30 bits per heavy atom. The van der Waals surface area contributed by atoms with Crippen LogP contribution < -0.4 is 0 Å². The minimum absolute atomic E-state index is 0.215. The molecule has 1 atom stereocenters. The average molecular weight is 326 g/mol. The first-order chi connectivity index (χ1) is 10.7. The van der Waals surface area contributed by atoms with E-state index in [1.807, 2.05) is 25.7 Å². The van der Waals surface area contributed by atoms with E-state index in [9.17, 15) is 9.90 Å². The van der Waals surface area contributed by atoms with E-state index >= 15 is 0 Å². The van der Waals surface area contributed by atoms with Crippen LogP contribution in [-0.4, -0.2) is 64.4 Å². The van der Waals surface area contributed by atoms with Crippen molar-refractivity contribution < 1.29 is 14.6 Å². The average Bonchev–Trinajstić information content (AvgIpc) is 2.93. The van der Waals surface area contributed by atoms with Crippen molar-refractivity contribution in [1.82, 2.24) is 9.80 Å². The molecule has 1 aliphatic carbocycles. The molecule has 0 radical (unpaired) electrons. The van der Waals surface area contributed by atoms with Crippen LogP contribution in [0.15, 0.2) is 0 Å². The van der Waals surface area contributed by atoms with E-state index in [0.717, 1.165) is 51.7 Å². The normalized spacial score (nSPS) is 25.0. The molecular formula is C18H34N2O3. The van der Waals surface area contributed by atoms with Crippen LogP contribution in [0, 0.1) is 0 Å². The van der Waals surface area contributed by atoms with Crippen molar-refractivity contribution in [2.24, 2.45) is 0 Å². The molecule has 0 bridgehead atoms. The van der Waals surface area contributed by atoms with Crippen molar-refractivity contribution in [1.29, 1.82) is 0 Å². The van der Waals surface area contributed by atoms with Crippen LogP contribution >= 0.6 is 0 Å². The number of carbonyl (C=O) groups is 1. The zero-order valence-corrected chi connectivity index (χ0v) is 15.3. The van der Waals surface area contributed by atoms with Crippen molar-refractivity contribution in [3.63, 3.8) is 0 Å². The zero-order valence-electron chi connectivity index (χ0n) is 15.3. The molecule has 0 aromatic rings. The minimum Gasteiger partial charge on any atom is -0.444 e. The van der Waals surface area contributed by atoms with Gasteiger partial charge < -0.3 is 14.7 Å². The molecule has 1 saturated heterocycles. The summed E-state index contributed by atoms with van der Waals surface area (Å²) < 4.78 is 5.47.